The molecule has 4 nitrogen and oxygen atoms in total. The summed E-state index contributed by atoms with van der Waals surface area (Å²) in [5.41, 5.74) is 5.90. The van der Waals surface area contributed by atoms with Crippen LogP contribution in [0.25, 0.3) is 0 Å². The van der Waals surface area contributed by atoms with E-state index in [0.717, 1.165) is 30.0 Å². The second kappa shape index (κ2) is 9.18. The van der Waals surface area contributed by atoms with E-state index in [2.05, 4.69) is 0 Å². The van der Waals surface area contributed by atoms with Gasteiger partial charge in [-0.2, -0.15) is 0 Å². The number of nitrogens with two attached hydrogens (primary N) is 1. The van der Waals surface area contributed by atoms with Gasteiger partial charge in [-0.25, -0.2) is 0 Å². The average molecular weight is 331 g/mol. The average Bonchev–Trinajstić information content (AvgIpc) is 2.46. The summed E-state index contributed by atoms with van der Waals surface area (Å²) >= 11 is 1.56. The van der Waals surface area contributed by atoms with E-state index in [1.54, 1.807) is 11.8 Å². The van der Waals surface area contributed by atoms with Crippen LogP contribution < -0.4 is 10.5 Å². The number of benzene rings is 1. The van der Waals surface area contributed by atoms with Crippen LogP contribution in [0.15, 0.2) is 29.2 Å². The standard InChI is InChI=1S/C15H22N2O2S.ClH/c1-2-19-13-5-7-14(8-6-13)20-11-15(18)17-9-3-4-12(16)10-17;/h5-8,12H,2-4,9-11,16H2,1H3;1H. The third kappa shape index (κ3) is 5.77. The minimum Gasteiger partial charge on any atom is -0.494 e. The highest BCUT2D eigenvalue weighted by Crippen LogP contribution is 2.22. The molecule has 2 rings (SSSR count). The van der Waals surface area contributed by atoms with E-state index < -0.39 is 0 Å². The van der Waals surface area contributed by atoms with E-state index >= 15 is 0 Å². The molecule has 0 aromatic heterocycles. The molecule has 1 amide bonds. The second-order valence-electron chi connectivity index (χ2n) is 4.94. The molecule has 6 heteroatoms. The fraction of sp³-hybridized carbons (Fsp3) is 0.533. The topological polar surface area (TPSA) is 55.6 Å². The van der Waals surface area contributed by atoms with Gasteiger partial charge in [0.1, 0.15) is 5.75 Å². The fourth-order valence-corrected chi connectivity index (χ4v) is 3.07. The van der Waals surface area contributed by atoms with Gasteiger partial charge in [0.15, 0.2) is 0 Å². The van der Waals surface area contributed by atoms with Gasteiger partial charge in [0.25, 0.3) is 0 Å². The fourth-order valence-electron chi connectivity index (χ4n) is 2.27. The zero-order valence-electron chi connectivity index (χ0n) is 12.3. The molecule has 1 aromatic rings. The van der Waals surface area contributed by atoms with Gasteiger partial charge < -0.3 is 15.4 Å². The molecule has 1 saturated heterocycles. The van der Waals surface area contributed by atoms with Crippen LogP contribution in [0.2, 0.25) is 0 Å². The summed E-state index contributed by atoms with van der Waals surface area (Å²) in [4.78, 5) is 15.1. The minimum atomic E-state index is 0. The van der Waals surface area contributed by atoms with Crippen LogP contribution in [-0.2, 0) is 4.79 Å². The monoisotopic (exact) mass is 330 g/mol. The number of likely N-dealkylation sites (tertiary alicyclic amines) is 1. The molecule has 0 radical (unpaired) electrons. The first-order valence-corrected chi connectivity index (χ1v) is 8.06. The number of amides is 1. The smallest absolute Gasteiger partial charge is 0.232 e. The van der Waals surface area contributed by atoms with E-state index in [0.29, 0.717) is 18.9 Å². The van der Waals surface area contributed by atoms with Crippen molar-refractivity contribution in [1.29, 1.82) is 0 Å². The predicted octanol–water partition coefficient (Wildman–Crippen LogP) is 2.55. The Labute approximate surface area is 136 Å². The van der Waals surface area contributed by atoms with Crippen LogP contribution >= 0.6 is 24.2 Å². The van der Waals surface area contributed by atoms with Gasteiger partial charge in [-0.1, -0.05) is 0 Å². The van der Waals surface area contributed by atoms with Crippen molar-refractivity contribution >= 4 is 30.1 Å². The van der Waals surface area contributed by atoms with Crippen LogP contribution in [0, 0.1) is 0 Å². The number of hydrogen-bond acceptors (Lipinski definition) is 4. The molecule has 1 aromatic carbocycles. The van der Waals surface area contributed by atoms with E-state index in [9.17, 15) is 4.79 Å². The maximum atomic E-state index is 12.1. The number of halogens is 1. The van der Waals surface area contributed by atoms with Crippen molar-refractivity contribution in [3.05, 3.63) is 24.3 Å². The summed E-state index contributed by atoms with van der Waals surface area (Å²) in [5.74, 6) is 1.52. The normalized spacial score (nSPS) is 18.0. The lowest BCUT2D eigenvalue weighted by Gasteiger charge is -2.30. The summed E-state index contributed by atoms with van der Waals surface area (Å²) in [6, 6.07) is 8.00. The van der Waals surface area contributed by atoms with Crippen molar-refractivity contribution in [3.63, 3.8) is 0 Å². The number of carbonyl (C=O) groups is 1. The molecular formula is C15H23ClN2O2S. The Morgan fingerprint density at radius 2 is 2.14 bits per heavy atom. The molecule has 0 saturated carbocycles. The molecule has 21 heavy (non-hydrogen) atoms. The lowest BCUT2D eigenvalue weighted by Crippen LogP contribution is -2.46. The highest BCUT2D eigenvalue weighted by Gasteiger charge is 2.20. The van der Waals surface area contributed by atoms with Gasteiger partial charge in [0.2, 0.25) is 5.91 Å². The molecule has 0 bridgehead atoms. The van der Waals surface area contributed by atoms with Gasteiger partial charge in [-0.05, 0) is 44.0 Å². The van der Waals surface area contributed by atoms with Crippen LogP contribution in [0.1, 0.15) is 19.8 Å². The van der Waals surface area contributed by atoms with Crippen molar-refractivity contribution in [2.24, 2.45) is 5.73 Å². The molecule has 1 aliphatic heterocycles. The van der Waals surface area contributed by atoms with Gasteiger partial charge in [0, 0.05) is 24.0 Å². The number of carbonyl (C=O) groups excluding carboxylic acids is 1. The van der Waals surface area contributed by atoms with Crippen LogP contribution in [0.4, 0.5) is 0 Å². The van der Waals surface area contributed by atoms with E-state index in [4.69, 9.17) is 10.5 Å². The predicted molar refractivity (Wildman–Crippen MR) is 89.4 cm³/mol. The lowest BCUT2D eigenvalue weighted by molar-refractivity contribution is -0.129. The first-order chi connectivity index (χ1) is 9.69. The first-order valence-electron chi connectivity index (χ1n) is 7.08. The Morgan fingerprint density at radius 3 is 2.76 bits per heavy atom. The lowest BCUT2D eigenvalue weighted by atomic mass is 10.1. The molecule has 1 heterocycles. The van der Waals surface area contributed by atoms with Crippen molar-refractivity contribution in [3.8, 4) is 5.75 Å². The largest absolute Gasteiger partial charge is 0.494 e. The van der Waals surface area contributed by atoms with Gasteiger partial charge in [0.05, 0.1) is 12.4 Å². The Bertz CT molecular complexity index is 442. The van der Waals surface area contributed by atoms with Crippen molar-refractivity contribution in [2.45, 2.75) is 30.7 Å². The van der Waals surface area contributed by atoms with Crippen LogP contribution in [0.5, 0.6) is 5.75 Å². The zero-order chi connectivity index (χ0) is 14.4. The minimum absolute atomic E-state index is 0. The molecule has 118 valence electrons. The maximum absolute atomic E-state index is 12.1. The SMILES string of the molecule is CCOc1ccc(SCC(=O)N2CCCC(N)C2)cc1.Cl. The van der Waals surface area contributed by atoms with Crippen molar-refractivity contribution in [1.82, 2.24) is 4.90 Å². The van der Waals surface area contributed by atoms with Gasteiger partial charge >= 0.3 is 0 Å². The molecule has 1 aliphatic rings. The van der Waals surface area contributed by atoms with E-state index in [-0.39, 0.29) is 24.4 Å². The number of rotatable bonds is 5. The third-order valence-electron chi connectivity index (χ3n) is 3.31. The Hall–Kier alpha value is -0.910. The van der Waals surface area contributed by atoms with Crippen molar-refractivity contribution < 1.29 is 9.53 Å². The molecule has 0 aliphatic carbocycles. The maximum Gasteiger partial charge on any atom is 0.232 e. The molecule has 2 N–H and O–H groups in total. The summed E-state index contributed by atoms with van der Waals surface area (Å²) in [6.07, 6.45) is 2.04. The summed E-state index contributed by atoms with van der Waals surface area (Å²) in [7, 11) is 0. The van der Waals surface area contributed by atoms with E-state index in [1.807, 2.05) is 36.1 Å². The Morgan fingerprint density at radius 1 is 1.43 bits per heavy atom. The van der Waals surface area contributed by atoms with E-state index in [1.165, 1.54) is 0 Å². The zero-order valence-corrected chi connectivity index (χ0v) is 13.9. The number of nitrogens with zero attached hydrogens (tertiary/aromatic N) is 1. The number of piperidine rings is 1. The summed E-state index contributed by atoms with van der Waals surface area (Å²) in [6.45, 7) is 4.17. The summed E-state index contributed by atoms with van der Waals surface area (Å²) < 4.78 is 5.40. The molecule has 1 unspecified atom stereocenters. The summed E-state index contributed by atoms with van der Waals surface area (Å²) in [5, 5.41) is 0. The number of hydrogen-bond donors (Lipinski definition) is 1. The Balaban J connectivity index is 0.00000220. The molecule has 0 spiro atoms. The third-order valence-corrected chi connectivity index (χ3v) is 4.30. The number of thioether (sulfide) groups is 1. The van der Waals surface area contributed by atoms with Crippen LogP contribution in [0.3, 0.4) is 0 Å². The molecule has 1 atom stereocenters. The van der Waals surface area contributed by atoms with Crippen LogP contribution in [-0.4, -0.2) is 42.3 Å². The highest BCUT2D eigenvalue weighted by molar-refractivity contribution is 8.00. The Kier molecular flexibility index (Phi) is 7.93. The molecule has 1 fully saturated rings. The number of ether oxygens (including phenoxy) is 1. The van der Waals surface area contributed by atoms with Crippen molar-refractivity contribution in [2.75, 3.05) is 25.4 Å². The van der Waals surface area contributed by atoms with Gasteiger partial charge in [-0.15, -0.1) is 24.2 Å². The van der Waals surface area contributed by atoms with Gasteiger partial charge in [-0.3, -0.25) is 4.79 Å². The molecular weight excluding hydrogens is 308 g/mol. The second-order valence-corrected chi connectivity index (χ2v) is 5.98. The first kappa shape index (κ1) is 18.1. The quantitative estimate of drug-likeness (QED) is 0.843. The highest BCUT2D eigenvalue weighted by atomic mass is 35.5.